The summed E-state index contributed by atoms with van der Waals surface area (Å²) in [6.07, 6.45) is 1.36. The molecule has 2 amide bonds. The number of aliphatic hydroxyl groups is 1. The summed E-state index contributed by atoms with van der Waals surface area (Å²) in [5.41, 5.74) is 0. The number of carbonyl (C=O) groups excluding carboxylic acids is 1. The van der Waals surface area contributed by atoms with Crippen molar-refractivity contribution in [3.8, 4) is 0 Å². The fourth-order valence-corrected chi connectivity index (χ4v) is 2.51. The van der Waals surface area contributed by atoms with Crippen molar-refractivity contribution in [2.75, 3.05) is 45.9 Å². The molecule has 0 aromatic rings. The number of hydrogen-bond acceptors (Lipinski definition) is 4. The van der Waals surface area contributed by atoms with Crippen LogP contribution in [0.1, 0.15) is 26.7 Å². The van der Waals surface area contributed by atoms with Crippen LogP contribution in [0.3, 0.4) is 0 Å². The second kappa shape index (κ2) is 8.84. The molecular weight excluding hydrogens is 274 g/mol. The van der Waals surface area contributed by atoms with Gasteiger partial charge < -0.3 is 20.0 Å². The molecule has 0 bridgehead atoms. The first-order chi connectivity index (χ1) is 9.95. The molecule has 0 radical (unpaired) electrons. The van der Waals surface area contributed by atoms with Crippen LogP contribution in [0, 0.1) is 0 Å². The van der Waals surface area contributed by atoms with Gasteiger partial charge in [0.25, 0.3) is 0 Å². The average molecular weight is 301 g/mol. The minimum absolute atomic E-state index is 0.0179. The van der Waals surface area contributed by atoms with Gasteiger partial charge in [0.1, 0.15) is 0 Å². The van der Waals surface area contributed by atoms with Crippen molar-refractivity contribution in [2.45, 2.75) is 32.7 Å². The van der Waals surface area contributed by atoms with Crippen molar-refractivity contribution < 1.29 is 19.8 Å². The van der Waals surface area contributed by atoms with Gasteiger partial charge >= 0.3 is 12.0 Å². The first kappa shape index (κ1) is 17.7. The highest BCUT2D eigenvalue weighted by atomic mass is 16.4. The Hall–Kier alpha value is -1.34. The van der Waals surface area contributed by atoms with Gasteiger partial charge in [-0.15, -0.1) is 0 Å². The largest absolute Gasteiger partial charge is 0.480 e. The Balaban J connectivity index is 2.58. The Kier molecular flexibility index (Phi) is 7.45. The van der Waals surface area contributed by atoms with Crippen LogP contribution in [0.2, 0.25) is 0 Å². The van der Waals surface area contributed by atoms with Crippen LogP contribution in [0.5, 0.6) is 0 Å². The third kappa shape index (κ3) is 5.89. The molecule has 1 saturated heterocycles. The molecule has 0 spiro atoms. The van der Waals surface area contributed by atoms with Gasteiger partial charge in [-0.05, 0) is 26.7 Å². The van der Waals surface area contributed by atoms with Crippen LogP contribution in [-0.2, 0) is 4.79 Å². The van der Waals surface area contributed by atoms with E-state index < -0.39 is 5.97 Å². The topological polar surface area (TPSA) is 84.3 Å². The third-order valence-corrected chi connectivity index (χ3v) is 3.64. The van der Waals surface area contributed by atoms with Crippen molar-refractivity contribution in [3.63, 3.8) is 0 Å². The fourth-order valence-electron chi connectivity index (χ4n) is 2.51. The lowest BCUT2D eigenvalue weighted by atomic mass is 10.3. The molecule has 0 aliphatic carbocycles. The van der Waals surface area contributed by atoms with Crippen LogP contribution in [0.15, 0.2) is 0 Å². The Morgan fingerprint density at radius 1 is 1.19 bits per heavy atom. The number of aliphatic hydroxyl groups excluding tert-OH is 1. The smallest absolute Gasteiger partial charge is 0.320 e. The molecule has 0 atom stereocenters. The van der Waals surface area contributed by atoms with Gasteiger partial charge in [0, 0.05) is 45.4 Å². The summed E-state index contributed by atoms with van der Waals surface area (Å²) in [7, 11) is 0. The maximum atomic E-state index is 12.6. The first-order valence-corrected chi connectivity index (χ1v) is 7.56. The second-order valence-corrected chi connectivity index (χ2v) is 5.66. The zero-order valence-electron chi connectivity index (χ0n) is 13.0. The van der Waals surface area contributed by atoms with Crippen molar-refractivity contribution in [1.29, 1.82) is 0 Å². The molecule has 122 valence electrons. The Morgan fingerprint density at radius 3 is 2.48 bits per heavy atom. The number of carbonyl (C=O) groups is 2. The van der Waals surface area contributed by atoms with Gasteiger partial charge in [-0.1, -0.05) is 0 Å². The number of hydrogen-bond donors (Lipinski definition) is 2. The summed E-state index contributed by atoms with van der Waals surface area (Å²) in [4.78, 5) is 28.7. The van der Waals surface area contributed by atoms with E-state index in [1.165, 1.54) is 0 Å². The minimum Gasteiger partial charge on any atom is -0.480 e. The Bertz CT molecular complexity index is 349. The molecule has 1 heterocycles. The number of nitrogens with zero attached hydrogens (tertiary/aromatic N) is 3. The Morgan fingerprint density at radius 2 is 1.90 bits per heavy atom. The highest BCUT2D eigenvalue weighted by molar-refractivity contribution is 5.75. The lowest BCUT2D eigenvalue weighted by Crippen LogP contribution is -2.48. The number of carboxylic acids is 1. The third-order valence-electron chi connectivity index (χ3n) is 3.64. The normalized spacial score (nSPS) is 16.9. The molecule has 0 aromatic carbocycles. The van der Waals surface area contributed by atoms with Crippen LogP contribution in [-0.4, -0.2) is 88.8 Å². The maximum absolute atomic E-state index is 12.6. The fraction of sp³-hybridized carbons (Fsp3) is 0.857. The van der Waals surface area contributed by atoms with E-state index in [0.717, 1.165) is 6.42 Å². The quantitative estimate of drug-likeness (QED) is 0.737. The van der Waals surface area contributed by atoms with Crippen LogP contribution in [0.25, 0.3) is 0 Å². The van der Waals surface area contributed by atoms with Gasteiger partial charge in [0.2, 0.25) is 0 Å². The molecule has 0 saturated carbocycles. The number of amides is 2. The maximum Gasteiger partial charge on any atom is 0.320 e. The molecule has 0 unspecified atom stereocenters. The van der Waals surface area contributed by atoms with E-state index in [9.17, 15) is 9.59 Å². The van der Waals surface area contributed by atoms with Crippen molar-refractivity contribution in [1.82, 2.24) is 14.7 Å². The summed E-state index contributed by atoms with van der Waals surface area (Å²) in [5.74, 6) is -0.832. The van der Waals surface area contributed by atoms with E-state index in [4.69, 9.17) is 10.2 Å². The van der Waals surface area contributed by atoms with E-state index in [1.807, 2.05) is 18.7 Å². The number of urea groups is 1. The van der Waals surface area contributed by atoms with Crippen LogP contribution in [0.4, 0.5) is 4.79 Å². The van der Waals surface area contributed by atoms with E-state index in [2.05, 4.69) is 0 Å². The zero-order chi connectivity index (χ0) is 15.8. The molecule has 1 fully saturated rings. The SMILES string of the molecule is CC(C)N(CCCO)C(=O)N1CCCN(CC(=O)O)CC1. The lowest BCUT2D eigenvalue weighted by molar-refractivity contribution is -0.138. The molecule has 1 aliphatic rings. The highest BCUT2D eigenvalue weighted by Gasteiger charge is 2.25. The van der Waals surface area contributed by atoms with Crippen molar-refractivity contribution in [2.24, 2.45) is 0 Å². The monoisotopic (exact) mass is 301 g/mol. The van der Waals surface area contributed by atoms with Crippen LogP contribution < -0.4 is 0 Å². The predicted octanol–water partition coefficient (Wildman–Crippen LogP) is 0.292. The van der Waals surface area contributed by atoms with E-state index in [0.29, 0.717) is 39.1 Å². The zero-order valence-corrected chi connectivity index (χ0v) is 13.0. The molecule has 21 heavy (non-hydrogen) atoms. The Labute approximate surface area is 126 Å². The second-order valence-electron chi connectivity index (χ2n) is 5.66. The minimum atomic E-state index is -0.832. The standard InChI is InChI=1S/C14H27N3O4/c1-12(2)17(7-4-10-18)14(21)16-6-3-5-15(8-9-16)11-13(19)20/h12,18H,3-11H2,1-2H3,(H,19,20). The molecular formula is C14H27N3O4. The van der Waals surface area contributed by atoms with Gasteiger partial charge in [0.15, 0.2) is 0 Å². The van der Waals surface area contributed by atoms with Gasteiger partial charge in [-0.25, -0.2) is 4.79 Å². The summed E-state index contributed by atoms with van der Waals surface area (Å²) in [6.45, 7) is 7.06. The lowest BCUT2D eigenvalue weighted by Gasteiger charge is -2.32. The van der Waals surface area contributed by atoms with Crippen molar-refractivity contribution in [3.05, 3.63) is 0 Å². The van der Waals surface area contributed by atoms with Crippen molar-refractivity contribution >= 4 is 12.0 Å². The van der Waals surface area contributed by atoms with Crippen LogP contribution >= 0.6 is 0 Å². The molecule has 7 heteroatoms. The molecule has 2 N–H and O–H groups in total. The summed E-state index contributed by atoms with van der Waals surface area (Å²) < 4.78 is 0. The van der Waals surface area contributed by atoms with Gasteiger partial charge in [-0.2, -0.15) is 0 Å². The summed E-state index contributed by atoms with van der Waals surface area (Å²) in [5, 5.41) is 17.8. The van der Waals surface area contributed by atoms with Gasteiger partial charge in [-0.3, -0.25) is 9.69 Å². The number of carboxylic acid groups (broad SMARTS) is 1. The van der Waals surface area contributed by atoms with E-state index in [1.54, 1.807) is 9.80 Å². The average Bonchev–Trinajstić information content (AvgIpc) is 2.63. The predicted molar refractivity (Wildman–Crippen MR) is 79.2 cm³/mol. The molecule has 1 aliphatic heterocycles. The summed E-state index contributed by atoms with van der Waals surface area (Å²) in [6, 6.07) is 0.0676. The highest BCUT2D eigenvalue weighted by Crippen LogP contribution is 2.10. The number of aliphatic carboxylic acids is 1. The van der Waals surface area contributed by atoms with E-state index in [-0.39, 0.29) is 25.2 Å². The van der Waals surface area contributed by atoms with E-state index >= 15 is 0 Å². The molecule has 1 rings (SSSR count). The number of rotatable bonds is 6. The molecule has 7 nitrogen and oxygen atoms in total. The first-order valence-electron chi connectivity index (χ1n) is 7.56. The van der Waals surface area contributed by atoms with Gasteiger partial charge in [0.05, 0.1) is 6.54 Å². The molecule has 0 aromatic heterocycles. The summed E-state index contributed by atoms with van der Waals surface area (Å²) >= 11 is 0.